The van der Waals surface area contributed by atoms with Crippen molar-refractivity contribution in [2.45, 2.75) is 256 Å². The SMILES string of the molecule is CC(=O)O[C@H](C)c1ccc2ccc(/C=C/C3(C(=O)N[C@H](C(=O)N[C@@H](C)C(=O)N4CCC[C@@H](C(=O)OCC(Cl)(Cl)Cl)N4)C(C)C)CCN(C(=O)OC(C)(C)C)CC3)cc2n1.CC(=O)O[C@H](C)c1ccc2ccc(/C=C/C3(C(=O)O)CCN(C(=O)OC(C)(C)C)CC3)cc2n1.CC(C)[C@H](NC(=O)OC(C)(C)C)C(=O)N[C@@H](C)C(=O)N1CCC[C@@H](C(=O)OCC(Cl)(Cl)Cl)N1. The normalized spacial score (nSPS) is 18.3. The van der Waals surface area contributed by atoms with E-state index in [4.69, 9.17) is 108 Å². The highest BCUT2D eigenvalue weighted by Gasteiger charge is 2.46. The number of hydrogen-bond acceptors (Lipinski definition) is 24. The number of hydrazine groups is 2. The monoisotopic (exact) mass is 1880 g/mol. The molecule has 33 nitrogen and oxygen atoms in total. The van der Waals surface area contributed by atoms with Crippen LogP contribution in [0.25, 0.3) is 34.0 Å². The number of amides is 8. The van der Waals surface area contributed by atoms with Crippen LogP contribution in [0.2, 0.25) is 0 Å². The van der Waals surface area contributed by atoms with Crippen molar-refractivity contribution in [3.05, 3.63) is 95.3 Å². The number of nitrogens with zero attached hydrogens (tertiary/aromatic N) is 6. The quantitative estimate of drug-likeness (QED) is 0.0195. The number of aromatic nitrogens is 2. The van der Waals surface area contributed by atoms with Crippen molar-refractivity contribution >= 4 is 181 Å². The molecule has 8 rings (SSSR count). The van der Waals surface area contributed by atoms with E-state index in [9.17, 15) is 67.4 Å². The Morgan fingerprint density at radius 2 is 0.841 bits per heavy atom. The molecule has 4 aromatic rings. The minimum absolute atomic E-state index is 0.218. The van der Waals surface area contributed by atoms with Crippen molar-refractivity contribution in [1.82, 2.24) is 61.9 Å². The number of carbonyl (C=O) groups excluding carboxylic acids is 12. The first kappa shape index (κ1) is 106. The molecule has 8 atom stereocenters. The third-order valence-corrected chi connectivity index (χ3v) is 20.9. The molecule has 2 aromatic heterocycles. The lowest BCUT2D eigenvalue weighted by Gasteiger charge is -2.40. The lowest BCUT2D eigenvalue weighted by molar-refractivity contribution is -0.154. The predicted molar refractivity (Wildman–Crippen MR) is 477 cm³/mol. The molecule has 0 saturated carbocycles. The number of aliphatic carboxylic acids is 1. The van der Waals surface area contributed by atoms with Gasteiger partial charge in [-0.1, -0.05) is 158 Å². The fourth-order valence-corrected chi connectivity index (χ4v) is 13.9. The molecule has 39 heteroatoms. The van der Waals surface area contributed by atoms with E-state index in [-0.39, 0.29) is 50.3 Å². The zero-order chi connectivity index (χ0) is 94.5. The summed E-state index contributed by atoms with van der Waals surface area (Å²) < 4.78 is 33.3. The van der Waals surface area contributed by atoms with E-state index in [0.717, 1.165) is 27.4 Å². The number of fused-ring (bicyclic) bond motifs is 2. The minimum Gasteiger partial charge on any atom is -0.481 e. The van der Waals surface area contributed by atoms with Crippen LogP contribution in [0, 0.1) is 22.7 Å². The summed E-state index contributed by atoms with van der Waals surface area (Å²) in [7, 11) is 0. The number of alkyl halides is 6. The van der Waals surface area contributed by atoms with Crippen LogP contribution < -0.4 is 32.1 Å². The molecule has 8 amide bonds. The number of nitrogens with one attached hydrogen (secondary N) is 6. The van der Waals surface area contributed by atoms with Gasteiger partial charge in [-0.2, -0.15) is 0 Å². The maximum Gasteiger partial charge on any atom is 0.410 e. The molecule has 2 aromatic carbocycles. The summed E-state index contributed by atoms with van der Waals surface area (Å²) in [6, 6.07) is 13.2. The van der Waals surface area contributed by atoms with E-state index in [1.807, 2.05) is 60.7 Å². The van der Waals surface area contributed by atoms with Gasteiger partial charge in [-0.25, -0.2) is 35.2 Å². The van der Waals surface area contributed by atoms with Crippen molar-refractivity contribution in [1.29, 1.82) is 0 Å². The first-order valence-corrected chi connectivity index (χ1v) is 43.9. The topological polar surface area (TPSA) is 418 Å². The van der Waals surface area contributed by atoms with Gasteiger partial charge < -0.3 is 69.3 Å². The van der Waals surface area contributed by atoms with Crippen molar-refractivity contribution < 1.29 is 101 Å². The van der Waals surface area contributed by atoms with Gasteiger partial charge in [-0.15, -0.1) is 0 Å². The van der Waals surface area contributed by atoms with Gasteiger partial charge >= 0.3 is 48.1 Å². The van der Waals surface area contributed by atoms with E-state index in [0.29, 0.717) is 75.1 Å². The number of halogens is 6. The van der Waals surface area contributed by atoms with Crippen molar-refractivity contribution in [2.75, 3.05) is 52.5 Å². The first-order chi connectivity index (χ1) is 58.3. The van der Waals surface area contributed by atoms with Gasteiger partial charge in [0.1, 0.15) is 78.5 Å². The van der Waals surface area contributed by atoms with Crippen molar-refractivity contribution in [3.8, 4) is 0 Å². The number of pyridine rings is 2. The molecule has 0 unspecified atom stereocenters. The van der Waals surface area contributed by atoms with Crippen LogP contribution in [0.15, 0.2) is 72.8 Å². The molecular weight excluding hydrogens is 1760 g/mol. The second-order valence-corrected chi connectivity index (χ2v) is 40.2. The lowest BCUT2D eigenvalue weighted by atomic mass is 9.76. The van der Waals surface area contributed by atoms with Gasteiger partial charge in [0.2, 0.25) is 25.3 Å². The summed E-state index contributed by atoms with van der Waals surface area (Å²) >= 11 is 33.9. The molecule has 4 saturated heterocycles. The zero-order valence-electron chi connectivity index (χ0n) is 74.7. The summed E-state index contributed by atoms with van der Waals surface area (Å²) in [5.41, 5.74) is 5.59. The number of esters is 4. The lowest BCUT2D eigenvalue weighted by Crippen LogP contribution is -2.61. The highest BCUT2D eigenvalue weighted by molar-refractivity contribution is 6.68. The fraction of sp³-hybridized carbons (Fsp3) is 0.598. The van der Waals surface area contributed by atoms with Crippen LogP contribution >= 0.6 is 69.6 Å². The van der Waals surface area contributed by atoms with Gasteiger partial charge in [0.05, 0.1) is 33.3 Å². The van der Waals surface area contributed by atoms with E-state index in [2.05, 4.69) is 37.1 Å². The molecule has 0 aliphatic carbocycles. The number of piperidine rings is 2. The van der Waals surface area contributed by atoms with Gasteiger partial charge in [-0.05, 0) is 189 Å². The van der Waals surface area contributed by atoms with Crippen molar-refractivity contribution in [2.24, 2.45) is 22.7 Å². The summed E-state index contributed by atoms with van der Waals surface area (Å²) in [6.45, 7) is 33.0. The zero-order valence-corrected chi connectivity index (χ0v) is 79.3. The van der Waals surface area contributed by atoms with Crippen LogP contribution in [-0.4, -0.2) is 226 Å². The van der Waals surface area contributed by atoms with Gasteiger partial charge in [-0.3, -0.25) is 58.0 Å². The molecule has 7 N–H and O–H groups in total. The molecule has 0 bridgehead atoms. The van der Waals surface area contributed by atoms with Crippen molar-refractivity contribution in [3.63, 3.8) is 0 Å². The van der Waals surface area contributed by atoms with Crippen LogP contribution in [0.1, 0.15) is 218 Å². The molecule has 4 fully saturated rings. The Labute approximate surface area is 765 Å². The minimum atomic E-state index is -1.79. The van der Waals surface area contributed by atoms with Gasteiger partial charge in [0.25, 0.3) is 11.8 Å². The second-order valence-electron chi connectivity index (χ2n) is 35.2. The molecule has 4 aliphatic rings. The van der Waals surface area contributed by atoms with Crippen LogP contribution in [0.3, 0.4) is 0 Å². The summed E-state index contributed by atoms with van der Waals surface area (Å²) in [5, 5.41) is 25.1. The number of alkyl carbamates (subject to hydrolysis) is 1. The summed E-state index contributed by atoms with van der Waals surface area (Å²) in [4.78, 5) is 177. The third-order valence-electron chi connectivity index (χ3n) is 20.2. The average molecular weight is 1880 g/mol. The molecule has 0 spiro atoms. The Bertz CT molecular complexity index is 4600. The fourth-order valence-electron chi connectivity index (χ4n) is 13.6. The van der Waals surface area contributed by atoms with E-state index >= 15 is 0 Å². The number of likely N-dealkylation sites (tertiary alicyclic amines) is 2. The van der Waals surface area contributed by atoms with Crippen LogP contribution in [0.5, 0.6) is 0 Å². The largest absolute Gasteiger partial charge is 0.481 e. The molecule has 0 radical (unpaired) electrons. The Hall–Kier alpha value is -9.09. The summed E-state index contributed by atoms with van der Waals surface area (Å²) in [6.07, 6.45) is 7.37. The number of ether oxygens (including phenoxy) is 7. The Morgan fingerprint density at radius 1 is 0.492 bits per heavy atom. The van der Waals surface area contributed by atoms with E-state index in [1.54, 1.807) is 138 Å². The maximum atomic E-state index is 14.5. The molecule has 4 aliphatic heterocycles. The molecule has 696 valence electrons. The highest BCUT2D eigenvalue weighted by atomic mass is 35.6. The van der Waals surface area contributed by atoms with E-state index < -0.39 is 169 Å². The second kappa shape index (κ2) is 45.7. The number of carboxylic acids is 1. The van der Waals surface area contributed by atoms with Gasteiger partial charge in [0, 0.05) is 63.9 Å². The number of rotatable bonds is 24. The number of benzene rings is 2. The van der Waals surface area contributed by atoms with Gasteiger partial charge in [0.15, 0.2) is 0 Å². The predicted octanol–water partition coefficient (Wildman–Crippen LogP) is 13.4. The third kappa shape index (κ3) is 33.8. The maximum absolute atomic E-state index is 14.5. The van der Waals surface area contributed by atoms with E-state index in [1.165, 1.54) is 37.7 Å². The number of carboxylic acid groups (broad SMARTS) is 1. The number of carbonyl (C=O) groups is 13. The average Bonchev–Trinajstić information content (AvgIpc) is 0.797. The molecular formula is C87H120Cl6N12O21. The highest BCUT2D eigenvalue weighted by Crippen LogP contribution is 2.38. The Kier molecular flexibility index (Phi) is 38.4. The molecule has 6 heterocycles. The number of hydrogen-bond donors (Lipinski definition) is 7. The molecule has 126 heavy (non-hydrogen) atoms. The first-order valence-electron chi connectivity index (χ1n) is 41.6. The smallest absolute Gasteiger partial charge is 0.410 e. The van der Waals surface area contributed by atoms with Crippen LogP contribution in [-0.2, 0) is 81.1 Å². The Balaban J connectivity index is 0.000000313. The summed E-state index contributed by atoms with van der Waals surface area (Å²) in [5.74, 6) is -6.18. The van der Waals surface area contributed by atoms with Crippen LogP contribution in [0.4, 0.5) is 14.4 Å². The Morgan fingerprint density at radius 3 is 1.18 bits per heavy atom. The standard InChI is InChI=1S/C41H55Cl3N6O9.C26H32N2O6.C20H33Cl3N4O6/c1-24(2)33(34(52)45-25(3)35(53)50-19-9-10-31(48-50)36(54)57-23-41(42,43)44)47-37(55)40(17-20-49(21-18-40)38(56)59-39(6,7)8)16-15-28-11-12-29-13-14-30(46-32(29)22-28)26(4)58-27(5)51;1-17(33-18(2)29)21-9-8-20-7-6-19(16-22(20)27-21)10-11-26(23(30)31)12-14-28(15-13-26)24(32)34-25(3,4)5;1-11(2)14(25-18(31)33-19(4,5)6)15(28)24-12(3)16(29)27-9-7-8-13(26-27)17(30)32-10-20(21,22)23/h11-16,22,24-26,31,33,48H,9-10,17-21,23H2,1-8H3,(H,45,52)(H,47,55);6-11,16-17H,12-15H2,1-5H3,(H,30,31);11-14,26H,7-10H2,1-6H3,(H,24,28)(H,25,31)/b16-15+;11-10+;/t25-,26+,31-,33-;17-;12-,13-,14-/m010/s1.